The molecule has 1 unspecified atom stereocenters. The fraction of sp³-hybridized carbons (Fsp3) is 1.00. The average Bonchev–Trinajstić information content (AvgIpc) is 3.18. The Morgan fingerprint density at radius 2 is 1.16 bits per heavy atom. The second-order valence-electron chi connectivity index (χ2n) is 6.44. The minimum Gasteiger partial charge on any atom is -0.373 e. The highest BCUT2D eigenvalue weighted by molar-refractivity contribution is 4.68. The van der Waals surface area contributed by atoms with Crippen LogP contribution in [0.5, 0.6) is 0 Å². The lowest BCUT2D eigenvalue weighted by Gasteiger charge is -2.08. The molecule has 0 N–H and O–H groups in total. The lowest BCUT2D eigenvalue weighted by atomic mass is 10.0. The Morgan fingerprint density at radius 3 is 1.58 bits per heavy atom. The van der Waals surface area contributed by atoms with Crippen LogP contribution in [0, 0.1) is 0 Å². The van der Waals surface area contributed by atoms with Crippen molar-refractivity contribution in [1.29, 1.82) is 0 Å². The van der Waals surface area contributed by atoms with E-state index in [0.717, 1.165) is 6.61 Å². The molecule has 0 bridgehead atoms. The molecular formula is C17H35NO. The molecule has 1 rings (SSSR count). The third-order valence-corrected chi connectivity index (χ3v) is 4.03. The summed E-state index contributed by atoms with van der Waals surface area (Å²) in [6.45, 7) is 2.29. The van der Waals surface area contributed by atoms with Crippen LogP contribution in [-0.2, 0) is 4.74 Å². The standard InChI is InChI=1S/C17H35NO/c1-18(2)15-13-11-9-7-5-3-4-6-8-10-12-14-17-16-19-17/h17H,3-16H2,1-2H3. The molecule has 0 amide bonds. The maximum Gasteiger partial charge on any atom is 0.0810 e. The smallest absolute Gasteiger partial charge is 0.0810 e. The van der Waals surface area contributed by atoms with E-state index in [-0.39, 0.29) is 0 Å². The molecule has 0 radical (unpaired) electrons. The Balaban J connectivity index is 1.62. The minimum atomic E-state index is 0.646. The molecule has 1 heterocycles. The van der Waals surface area contributed by atoms with Crippen LogP contribution in [0.1, 0.15) is 77.0 Å². The lowest BCUT2D eigenvalue weighted by molar-refractivity contribution is 0.386. The van der Waals surface area contributed by atoms with Gasteiger partial charge < -0.3 is 9.64 Å². The summed E-state index contributed by atoms with van der Waals surface area (Å²) in [4.78, 5) is 2.29. The normalized spacial score (nSPS) is 18.2. The van der Waals surface area contributed by atoms with Gasteiger partial charge in [0.15, 0.2) is 0 Å². The monoisotopic (exact) mass is 269 g/mol. The zero-order valence-corrected chi connectivity index (χ0v) is 13.3. The maximum atomic E-state index is 5.22. The van der Waals surface area contributed by atoms with E-state index < -0.39 is 0 Å². The molecule has 0 aromatic heterocycles. The maximum absolute atomic E-state index is 5.22. The molecular weight excluding hydrogens is 234 g/mol. The van der Waals surface area contributed by atoms with Gasteiger partial charge in [-0.05, 0) is 33.5 Å². The summed E-state index contributed by atoms with van der Waals surface area (Å²) in [6.07, 6.45) is 17.7. The van der Waals surface area contributed by atoms with E-state index in [0.29, 0.717) is 6.10 Å². The van der Waals surface area contributed by atoms with Crippen LogP contribution < -0.4 is 0 Å². The van der Waals surface area contributed by atoms with Crippen LogP contribution in [0.3, 0.4) is 0 Å². The number of ether oxygens (including phenoxy) is 1. The first kappa shape index (κ1) is 17.0. The van der Waals surface area contributed by atoms with Crippen LogP contribution in [0.25, 0.3) is 0 Å². The molecule has 1 saturated heterocycles. The summed E-state index contributed by atoms with van der Waals surface area (Å²) < 4.78 is 5.22. The van der Waals surface area contributed by atoms with E-state index in [1.807, 2.05) is 0 Å². The van der Waals surface area contributed by atoms with Gasteiger partial charge in [-0.1, -0.05) is 64.2 Å². The number of nitrogens with zero attached hydrogens (tertiary/aromatic N) is 1. The number of hydrogen-bond donors (Lipinski definition) is 0. The number of hydrogen-bond acceptors (Lipinski definition) is 2. The van der Waals surface area contributed by atoms with Crippen LogP contribution in [-0.4, -0.2) is 38.3 Å². The van der Waals surface area contributed by atoms with Crippen molar-refractivity contribution in [1.82, 2.24) is 4.90 Å². The third kappa shape index (κ3) is 12.7. The van der Waals surface area contributed by atoms with Crippen LogP contribution >= 0.6 is 0 Å². The molecule has 0 saturated carbocycles. The van der Waals surface area contributed by atoms with Gasteiger partial charge in [0.2, 0.25) is 0 Å². The van der Waals surface area contributed by atoms with E-state index >= 15 is 0 Å². The number of unbranched alkanes of at least 4 members (excludes halogenated alkanes) is 10. The zero-order valence-electron chi connectivity index (χ0n) is 13.3. The van der Waals surface area contributed by atoms with Gasteiger partial charge in [0, 0.05) is 0 Å². The van der Waals surface area contributed by atoms with Crippen molar-refractivity contribution < 1.29 is 4.74 Å². The van der Waals surface area contributed by atoms with Crippen molar-refractivity contribution in [2.75, 3.05) is 27.2 Å². The molecule has 2 nitrogen and oxygen atoms in total. The molecule has 0 aromatic carbocycles. The fourth-order valence-corrected chi connectivity index (χ4v) is 2.63. The van der Waals surface area contributed by atoms with Crippen LogP contribution in [0.2, 0.25) is 0 Å². The van der Waals surface area contributed by atoms with Gasteiger partial charge in [0.1, 0.15) is 0 Å². The molecule has 0 spiro atoms. The molecule has 2 heteroatoms. The summed E-state index contributed by atoms with van der Waals surface area (Å²) in [6, 6.07) is 0. The highest BCUT2D eigenvalue weighted by Gasteiger charge is 2.20. The Bertz CT molecular complexity index is 178. The summed E-state index contributed by atoms with van der Waals surface area (Å²) >= 11 is 0. The highest BCUT2D eigenvalue weighted by atomic mass is 16.6. The summed E-state index contributed by atoms with van der Waals surface area (Å²) in [7, 11) is 4.33. The molecule has 114 valence electrons. The molecule has 1 aliphatic rings. The SMILES string of the molecule is CN(C)CCCCCCCCCCCCCC1CO1. The van der Waals surface area contributed by atoms with Crippen LogP contribution in [0.15, 0.2) is 0 Å². The quantitative estimate of drug-likeness (QED) is 0.337. The first-order chi connectivity index (χ1) is 9.29. The van der Waals surface area contributed by atoms with Crippen LogP contribution in [0.4, 0.5) is 0 Å². The largest absolute Gasteiger partial charge is 0.373 e. The van der Waals surface area contributed by atoms with Crippen molar-refractivity contribution in [2.45, 2.75) is 83.2 Å². The Kier molecular flexibility index (Phi) is 10.5. The van der Waals surface area contributed by atoms with Crippen molar-refractivity contribution in [3.05, 3.63) is 0 Å². The molecule has 1 atom stereocenters. The number of rotatable bonds is 14. The fourth-order valence-electron chi connectivity index (χ4n) is 2.63. The van der Waals surface area contributed by atoms with Gasteiger partial charge in [-0.2, -0.15) is 0 Å². The van der Waals surface area contributed by atoms with E-state index in [2.05, 4.69) is 19.0 Å². The van der Waals surface area contributed by atoms with Gasteiger partial charge in [0.05, 0.1) is 12.7 Å². The first-order valence-electron chi connectivity index (χ1n) is 8.55. The van der Waals surface area contributed by atoms with Gasteiger partial charge >= 0.3 is 0 Å². The van der Waals surface area contributed by atoms with Gasteiger partial charge in [0.25, 0.3) is 0 Å². The Labute approximate surface area is 120 Å². The molecule has 0 aliphatic carbocycles. The van der Waals surface area contributed by atoms with E-state index in [1.165, 1.54) is 83.6 Å². The average molecular weight is 269 g/mol. The summed E-state index contributed by atoms with van der Waals surface area (Å²) in [5.74, 6) is 0. The van der Waals surface area contributed by atoms with Gasteiger partial charge in [-0.15, -0.1) is 0 Å². The minimum absolute atomic E-state index is 0.646. The predicted octanol–water partition coefficient (Wildman–Crippen LogP) is 4.63. The first-order valence-corrected chi connectivity index (χ1v) is 8.55. The Morgan fingerprint density at radius 1 is 0.737 bits per heavy atom. The molecule has 19 heavy (non-hydrogen) atoms. The van der Waals surface area contributed by atoms with E-state index in [9.17, 15) is 0 Å². The van der Waals surface area contributed by atoms with E-state index in [1.54, 1.807) is 0 Å². The van der Waals surface area contributed by atoms with Gasteiger partial charge in [-0.3, -0.25) is 0 Å². The van der Waals surface area contributed by atoms with Crippen molar-refractivity contribution in [3.63, 3.8) is 0 Å². The lowest BCUT2D eigenvalue weighted by Crippen LogP contribution is -2.12. The topological polar surface area (TPSA) is 15.8 Å². The Hall–Kier alpha value is -0.0800. The van der Waals surface area contributed by atoms with Crippen molar-refractivity contribution in [3.8, 4) is 0 Å². The second-order valence-corrected chi connectivity index (χ2v) is 6.44. The van der Waals surface area contributed by atoms with Gasteiger partial charge in [-0.25, -0.2) is 0 Å². The molecule has 1 fully saturated rings. The predicted molar refractivity (Wildman–Crippen MR) is 83.7 cm³/mol. The summed E-state index contributed by atoms with van der Waals surface area (Å²) in [5.41, 5.74) is 0. The van der Waals surface area contributed by atoms with Crippen molar-refractivity contribution >= 4 is 0 Å². The number of epoxide rings is 1. The summed E-state index contributed by atoms with van der Waals surface area (Å²) in [5, 5.41) is 0. The molecule has 1 aliphatic heterocycles. The third-order valence-electron chi connectivity index (χ3n) is 4.03. The molecule has 0 aromatic rings. The zero-order chi connectivity index (χ0) is 13.8. The second kappa shape index (κ2) is 11.7. The highest BCUT2D eigenvalue weighted by Crippen LogP contribution is 2.18. The van der Waals surface area contributed by atoms with Crippen molar-refractivity contribution in [2.24, 2.45) is 0 Å². The van der Waals surface area contributed by atoms with E-state index in [4.69, 9.17) is 4.74 Å².